The zero-order valence-electron chi connectivity index (χ0n) is 21.3. The molecule has 0 aliphatic heterocycles. The highest BCUT2D eigenvalue weighted by Gasteiger charge is 2.52. The van der Waals surface area contributed by atoms with Crippen molar-refractivity contribution in [3.8, 4) is 5.75 Å². The Morgan fingerprint density at radius 3 is 2.13 bits per heavy atom. The van der Waals surface area contributed by atoms with Crippen LogP contribution in [0.15, 0.2) is 85.1 Å². The average Bonchev–Trinajstić information content (AvgIpc) is 3.78. The van der Waals surface area contributed by atoms with E-state index in [1.165, 1.54) is 18.2 Å². The number of Topliss-reactive ketones (excluding diaryl/α,β-unsaturated/α-hetero) is 1. The number of carboxylic acid groups (broad SMARTS) is 1. The fourth-order valence-electron chi connectivity index (χ4n) is 4.68. The van der Waals surface area contributed by atoms with Crippen LogP contribution < -0.4 is 9.64 Å². The van der Waals surface area contributed by atoms with Crippen LogP contribution in [-0.2, 0) is 5.41 Å². The number of aromatic nitrogens is 1. The molecule has 0 saturated heterocycles. The number of nitrogens with zero attached hydrogens (tertiary/aromatic N) is 2. The minimum absolute atomic E-state index is 0.0836. The molecule has 8 heteroatoms. The highest BCUT2D eigenvalue weighted by molar-refractivity contribution is 6.30. The minimum atomic E-state index is -1.27. The number of benzene rings is 3. The number of carboxylic acids is 1. The molecule has 0 amide bonds. The van der Waals surface area contributed by atoms with Crippen molar-refractivity contribution in [2.24, 2.45) is 0 Å². The van der Waals surface area contributed by atoms with Gasteiger partial charge < -0.3 is 14.7 Å². The molecule has 1 aliphatic rings. The molecule has 1 heterocycles. The van der Waals surface area contributed by atoms with Crippen LogP contribution >= 0.6 is 11.6 Å². The summed E-state index contributed by atoms with van der Waals surface area (Å²) in [6.07, 6.45) is 2.82. The number of anilines is 2. The zero-order valence-corrected chi connectivity index (χ0v) is 22.1. The van der Waals surface area contributed by atoms with Crippen molar-refractivity contribution in [1.29, 1.82) is 0 Å². The van der Waals surface area contributed by atoms with E-state index in [2.05, 4.69) is 4.98 Å². The van der Waals surface area contributed by atoms with E-state index in [1.807, 2.05) is 36.2 Å². The number of hydrogen-bond donors (Lipinski definition) is 1. The van der Waals surface area contributed by atoms with Gasteiger partial charge in [0.2, 0.25) is 5.78 Å². The first-order valence-corrected chi connectivity index (χ1v) is 12.7. The molecule has 0 spiro atoms. The van der Waals surface area contributed by atoms with Gasteiger partial charge in [0.1, 0.15) is 11.4 Å². The van der Waals surface area contributed by atoms with Gasteiger partial charge in [-0.2, -0.15) is 0 Å². The quantitative estimate of drug-likeness (QED) is 0.247. The van der Waals surface area contributed by atoms with Crippen molar-refractivity contribution in [2.75, 3.05) is 19.1 Å². The second-order valence-corrected chi connectivity index (χ2v) is 9.91. The summed E-state index contributed by atoms with van der Waals surface area (Å²) in [6, 6.07) is 22.1. The van der Waals surface area contributed by atoms with E-state index in [4.69, 9.17) is 16.3 Å². The number of rotatable bonds is 9. The summed E-state index contributed by atoms with van der Waals surface area (Å²) in [7, 11) is 3.44. The van der Waals surface area contributed by atoms with E-state index >= 15 is 0 Å². The molecule has 4 aromatic rings. The maximum Gasteiger partial charge on any atom is 0.336 e. The number of carbonyl (C=O) groups excluding carboxylic acids is 2. The third-order valence-corrected chi connectivity index (χ3v) is 7.42. The molecule has 196 valence electrons. The van der Waals surface area contributed by atoms with Crippen LogP contribution in [0.5, 0.6) is 5.75 Å². The molecule has 0 unspecified atom stereocenters. The summed E-state index contributed by atoms with van der Waals surface area (Å²) in [5.74, 6) is -1.30. The molecule has 39 heavy (non-hydrogen) atoms. The average molecular weight is 541 g/mol. The van der Waals surface area contributed by atoms with E-state index in [1.54, 1.807) is 49.7 Å². The number of hydrogen-bond acceptors (Lipinski definition) is 6. The number of aromatic carboxylic acids is 1. The van der Waals surface area contributed by atoms with E-state index < -0.39 is 17.2 Å². The molecule has 3 aromatic carbocycles. The van der Waals surface area contributed by atoms with Gasteiger partial charge in [0, 0.05) is 28.9 Å². The van der Waals surface area contributed by atoms with Gasteiger partial charge in [0.05, 0.1) is 30.0 Å². The first-order valence-electron chi connectivity index (χ1n) is 12.3. The standard InChI is InChI=1S/C31H25ClN2O5/c1-34(22-8-6-21(32)7-9-22)23-10-14-27(33-18-23)28(35)19-3-13-25(26(17-19)30(37)38)29(36)31(15-16-31)20-4-11-24(39-2)12-5-20/h3-14,17-18H,15-16H2,1-2H3,(H,37,38). The van der Waals surface area contributed by atoms with Crippen LogP contribution in [0.2, 0.25) is 5.02 Å². The highest BCUT2D eigenvalue weighted by atomic mass is 35.5. The van der Waals surface area contributed by atoms with Gasteiger partial charge in [-0.1, -0.05) is 29.8 Å². The Morgan fingerprint density at radius 1 is 0.897 bits per heavy atom. The van der Waals surface area contributed by atoms with Gasteiger partial charge in [0.25, 0.3) is 0 Å². The molecule has 1 N–H and O–H groups in total. The maximum atomic E-state index is 13.6. The molecule has 1 saturated carbocycles. The van der Waals surface area contributed by atoms with E-state index in [0.29, 0.717) is 23.6 Å². The lowest BCUT2D eigenvalue weighted by Gasteiger charge is -2.19. The highest BCUT2D eigenvalue weighted by Crippen LogP contribution is 2.51. The monoisotopic (exact) mass is 540 g/mol. The number of methoxy groups -OCH3 is 1. The lowest BCUT2D eigenvalue weighted by atomic mass is 9.85. The van der Waals surface area contributed by atoms with Crippen LogP contribution in [0.3, 0.4) is 0 Å². The van der Waals surface area contributed by atoms with E-state index in [0.717, 1.165) is 16.9 Å². The van der Waals surface area contributed by atoms with E-state index in [-0.39, 0.29) is 28.2 Å². The minimum Gasteiger partial charge on any atom is -0.497 e. The Morgan fingerprint density at radius 2 is 1.56 bits per heavy atom. The summed E-state index contributed by atoms with van der Waals surface area (Å²) in [5.41, 5.74) is 1.89. The molecule has 1 aromatic heterocycles. The Balaban J connectivity index is 1.40. The smallest absolute Gasteiger partial charge is 0.336 e. The molecule has 1 fully saturated rings. The van der Waals surface area contributed by atoms with Crippen molar-refractivity contribution in [3.63, 3.8) is 0 Å². The van der Waals surface area contributed by atoms with Gasteiger partial charge in [-0.15, -0.1) is 0 Å². The van der Waals surface area contributed by atoms with Crippen LogP contribution in [0, 0.1) is 0 Å². The summed E-state index contributed by atoms with van der Waals surface area (Å²) in [4.78, 5) is 45.2. The third kappa shape index (κ3) is 5.01. The van der Waals surface area contributed by atoms with Crippen LogP contribution in [0.25, 0.3) is 0 Å². The summed E-state index contributed by atoms with van der Waals surface area (Å²) >= 11 is 5.97. The summed E-state index contributed by atoms with van der Waals surface area (Å²) in [5, 5.41) is 10.6. The van der Waals surface area contributed by atoms with Gasteiger partial charge in [-0.05, 0) is 79.1 Å². The number of carbonyl (C=O) groups is 3. The van der Waals surface area contributed by atoms with E-state index in [9.17, 15) is 19.5 Å². The van der Waals surface area contributed by atoms with Crippen LogP contribution in [0.4, 0.5) is 11.4 Å². The Labute approximate surface area is 230 Å². The second kappa shape index (κ2) is 10.3. The lowest BCUT2D eigenvalue weighted by Crippen LogP contribution is -2.23. The molecule has 1 aliphatic carbocycles. The van der Waals surface area contributed by atoms with Gasteiger partial charge in [-0.3, -0.25) is 14.6 Å². The first kappa shape index (κ1) is 26.1. The number of ketones is 2. The van der Waals surface area contributed by atoms with Crippen molar-refractivity contribution in [1.82, 2.24) is 4.98 Å². The largest absolute Gasteiger partial charge is 0.497 e. The summed E-state index contributed by atoms with van der Waals surface area (Å²) in [6.45, 7) is 0. The topological polar surface area (TPSA) is 96.8 Å². The Hall–Kier alpha value is -4.49. The molecular weight excluding hydrogens is 516 g/mol. The maximum absolute atomic E-state index is 13.6. The van der Waals surface area contributed by atoms with Crippen molar-refractivity contribution in [2.45, 2.75) is 18.3 Å². The first-order chi connectivity index (χ1) is 18.7. The second-order valence-electron chi connectivity index (χ2n) is 9.47. The fourth-order valence-corrected chi connectivity index (χ4v) is 4.81. The molecule has 0 radical (unpaired) electrons. The van der Waals surface area contributed by atoms with Gasteiger partial charge in [0.15, 0.2) is 5.78 Å². The van der Waals surface area contributed by atoms with Crippen LogP contribution in [0.1, 0.15) is 55.2 Å². The lowest BCUT2D eigenvalue weighted by molar-refractivity contribution is 0.0691. The summed E-state index contributed by atoms with van der Waals surface area (Å²) < 4.78 is 5.21. The third-order valence-electron chi connectivity index (χ3n) is 7.17. The molecule has 0 bridgehead atoms. The molecule has 0 atom stereocenters. The SMILES string of the molecule is COc1ccc(C2(C(=O)c3ccc(C(=O)c4ccc(N(C)c5ccc(Cl)cc5)cn4)cc3C(=O)O)CC2)cc1. The molecule has 5 rings (SSSR count). The Kier molecular flexibility index (Phi) is 6.93. The van der Waals surface area contributed by atoms with Gasteiger partial charge >= 0.3 is 5.97 Å². The predicted octanol–water partition coefficient (Wildman–Crippen LogP) is 6.36. The Bertz CT molecular complexity index is 1560. The van der Waals surface area contributed by atoms with Crippen molar-refractivity contribution in [3.05, 3.63) is 118 Å². The number of halogens is 1. The van der Waals surface area contributed by atoms with Crippen molar-refractivity contribution >= 4 is 40.5 Å². The fraction of sp³-hybridized carbons (Fsp3) is 0.161. The predicted molar refractivity (Wildman–Crippen MR) is 149 cm³/mol. The molecular formula is C31H25ClN2O5. The van der Waals surface area contributed by atoms with Crippen molar-refractivity contribution < 1.29 is 24.2 Å². The molecule has 7 nitrogen and oxygen atoms in total. The van der Waals surface area contributed by atoms with Crippen LogP contribution in [-0.4, -0.2) is 41.8 Å². The van der Waals surface area contributed by atoms with Gasteiger partial charge in [-0.25, -0.2) is 4.79 Å². The number of pyridine rings is 1. The zero-order chi connectivity index (χ0) is 27.7. The number of ether oxygens (including phenoxy) is 1. The normalized spacial score (nSPS) is 13.4.